The van der Waals surface area contributed by atoms with Crippen molar-refractivity contribution < 1.29 is 0 Å². The maximum Gasteiger partial charge on any atom is 0.147 e. The fraction of sp³-hybridized carbons (Fsp3) is 0.600. The summed E-state index contributed by atoms with van der Waals surface area (Å²) in [5.74, 6) is 1.63. The molecule has 0 bridgehead atoms. The summed E-state index contributed by atoms with van der Waals surface area (Å²) >= 11 is 0. The molecule has 0 amide bonds. The third-order valence-electron chi connectivity index (χ3n) is 4.56. The fourth-order valence-electron chi connectivity index (χ4n) is 3.53. The normalized spacial score (nSPS) is 26.5. The van der Waals surface area contributed by atoms with Crippen molar-refractivity contribution in [2.75, 3.05) is 31.6 Å². The van der Waals surface area contributed by atoms with Gasteiger partial charge in [-0.3, -0.25) is 0 Å². The molecule has 0 N–H and O–H groups in total. The maximum atomic E-state index is 9.38. The lowest BCUT2D eigenvalue weighted by atomic mass is 10.1. The third-order valence-corrected chi connectivity index (χ3v) is 4.56. The van der Waals surface area contributed by atoms with Crippen LogP contribution in [-0.2, 0) is 0 Å². The van der Waals surface area contributed by atoms with Crippen LogP contribution in [0.15, 0.2) is 6.07 Å². The van der Waals surface area contributed by atoms with E-state index in [-0.39, 0.29) is 0 Å². The number of likely N-dealkylation sites (N-methyl/N-ethyl adjacent to an activating group) is 1. The van der Waals surface area contributed by atoms with Crippen molar-refractivity contribution in [1.82, 2.24) is 9.88 Å². The Morgan fingerprint density at radius 2 is 2.16 bits per heavy atom. The highest BCUT2D eigenvalue weighted by Gasteiger charge is 2.40. The summed E-state index contributed by atoms with van der Waals surface area (Å²) < 4.78 is 0. The summed E-state index contributed by atoms with van der Waals surface area (Å²) in [5, 5.41) is 9.38. The number of hydrogen-bond donors (Lipinski definition) is 0. The molecule has 1 aromatic heterocycles. The molecule has 3 heterocycles. The lowest BCUT2D eigenvalue weighted by Crippen LogP contribution is -2.32. The highest BCUT2D eigenvalue weighted by Crippen LogP contribution is 2.34. The number of aryl methyl sites for hydroxylation is 2. The van der Waals surface area contributed by atoms with Gasteiger partial charge < -0.3 is 9.80 Å². The van der Waals surface area contributed by atoms with Gasteiger partial charge in [0.25, 0.3) is 0 Å². The molecule has 0 spiro atoms. The Hall–Kier alpha value is -1.60. The van der Waals surface area contributed by atoms with Gasteiger partial charge in [0.05, 0.1) is 5.56 Å². The molecule has 0 aliphatic carbocycles. The van der Waals surface area contributed by atoms with Gasteiger partial charge in [0.15, 0.2) is 0 Å². The molecule has 0 saturated carbocycles. The van der Waals surface area contributed by atoms with Gasteiger partial charge in [-0.05, 0) is 51.4 Å². The Labute approximate surface area is 114 Å². The smallest absolute Gasteiger partial charge is 0.147 e. The molecule has 2 aliphatic heterocycles. The molecule has 2 aliphatic rings. The molecule has 4 nitrogen and oxygen atoms in total. The van der Waals surface area contributed by atoms with Gasteiger partial charge in [0, 0.05) is 24.8 Å². The lowest BCUT2D eigenvalue weighted by Gasteiger charge is -2.23. The van der Waals surface area contributed by atoms with Crippen molar-refractivity contribution in [3.63, 3.8) is 0 Å². The van der Waals surface area contributed by atoms with E-state index in [9.17, 15) is 5.26 Å². The number of fused-ring (bicyclic) bond motifs is 1. The summed E-state index contributed by atoms with van der Waals surface area (Å²) in [6, 6.07) is 4.95. The highest BCUT2D eigenvalue weighted by molar-refractivity contribution is 5.59. The van der Waals surface area contributed by atoms with Crippen LogP contribution in [0.3, 0.4) is 0 Å². The second-order valence-electron chi connectivity index (χ2n) is 5.89. The molecule has 4 heteroatoms. The highest BCUT2D eigenvalue weighted by atomic mass is 15.3. The van der Waals surface area contributed by atoms with Gasteiger partial charge in [-0.2, -0.15) is 5.26 Å². The van der Waals surface area contributed by atoms with E-state index in [2.05, 4.69) is 27.9 Å². The van der Waals surface area contributed by atoms with Crippen LogP contribution in [0.1, 0.15) is 23.2 Å². The van der Waals surface area contributed by atoms with E-state index in [0.717, 1.165) is 41.6 Å². The summed E-state index contributed by atoms with van der Waals surface area (Å²) in [4.78, 5) is 9.38. The van der Waals surface area contributed by atoms with Crippen LogP contribution in [0.2, 0.25) is 0 Å². The van der Waals surface area contributed by atoms with Crippen molar-refractivity contribution in [3.8, 4) is 6.07 Å². The molecule has 100 valence electrons. The Bertz CT molecular complexity index is 546. The van der Waals surface area contributed by atoms with E-state index in [1.54, 1.807) is 0 Å². The molecule has 2 saturated heterocycles. The van der Waals surface area contributed by atoms with Crippen LogP contribution in [-0.4, -0.2) is 42.6 Å². The number of anilines is 1. The minimum absolute atomic E-state index is 0.633. The number of pyridine rings is 1. The van der Waals surface area contributed by atoms with Crippen molar-refractivity contribution in [2.45, 2.75) is 26.3 Å². The Morgan fingerprint density at radius 3 is 2.84 bits per heavy atom. The predicted octanol–water partition coefficient (Wildman–Crippen LogP) is 1.71. The van der Waals surface area contributed by atoms with E-state index < -0.39 is 0 Å². The van der Waals surface area contributed by atoms with Crippen LogP contribution >= 0.6 is 0 Å². The van der Waals surface area contributed by atoms with Crippen LogP contribution < -0.4 is 4.90 Å². The monoisotopic (exact) mass is 256 g/mol. The molecular weight excluding hydrogens is 236 g/mol. The van der Waals surface area contributed by atoms with Crippen molar-refractivity contribution in [3.05, 3.63) is 22.9 Å². The average Bonchev–Trinajstić information content (AvgIpc) is 2.91. The number of likely N-dealkylation sites (tertiary alicyclic amines) is 1. The fourth-order valence-corrected chi connectivity index (χ4v) is 3.53. The van der Waals surface area contributed by atoms with E-state index in [1.165, 1.54) is 13.0 Å². The SMILES string of the molecule is Cc1cc(C)c(C#N)c(N2C[C@H]3CCN(C)[C@H]3C2)n1. The van der Waals surface area contributed by atoms with Gasteiger partial charge >= 0.3 is 0 Å². The lowest BCUT2D eigenvalue weighted by molar-refractivity contribution is 0.310. The number of rotatable bonds is 1. The first-order valence-electron chi connectivity index (χ1n) is 6.93. The minimum atomic E-state index is 0.633. The maximum absolute atomic E-state index is 9.38. The van der Waals surface area contributed by atoms with Gasteiger partial charge in [-0.25, -0.2) is 4.98 Å². The molecule has 0 aromatic carbocycles. The Morgan fingerprint density at radius 1 is 1.37 bits per heavy atom. The summed E-state index contributed by atoms with van der Waals surface area (Å²) in [6.45, 7) is 7.25. The summed E-state index contributed by atoms with van der Waals surface area (Å²) in [7, 11) is 2.20. The van der Waals surface area contributed by atoms with Gasteiger partial charge in [-0.1, -0.05) is 0 Å². The predicted molar refractivity (Wildman–Crippen MR) is 75.2 cm³/mol. The summed E-state index contributed by atoms with van der Waals surface area (Å²) in [5.41, 5.74) is 2.78. The van der Waals surface area contributed by atoms with Gasteiger partial charge in [0.1, 0.15) is 11.9 Å². The summed E-state index contributed by atoms with van der Waals surface area (Å²) in [6.07, 6.45) is 1.27. The zero-order valence-electron chi connectivity index (χ0n) is 11.8. The molecule has 2 atom stereocenters. The average molecular weight is 256 g/mol. The first kappa shape index (κ1) is 12.4. The van der Waals surface area contributed by atoms with E-state index in [4.69, 9.17) is 0 Å². The minimum Gasteiger partial charge on any atom is -0.354 e. The van der Waals surface area contributed by atoms with E-state index in [0.29, 0.717) is 6.04 Å². The van der Waals surface area contributed by atoms with Gasteiger partial charge in [-0.15, -0.1) is 0 Å². The van der Waals surface area contributed by atoms with Gasteiger partial charge in [0.2, 0.25) is 0 Å². The second-order valence-corrected chi connectivity index (χ2v) is 5.89. The van der Waals surface area contributed by atoms with E-state index >= 15 is 0 Å². The molecule has 3 rings (SSSR count). The van der Waals surface area contributed by atoms with Crippen molar-refractivity contribution in [1.29, 1.82) is 5.26 Å². The van der Waals surface area contributed by atoms with Crippen LogP contribution in [0, 0.1) is 31.1 Å². The quantitative estimate of drug-likeness (QED) is 0.767. The standard InChI is InChI=1S/C15H20N4/c1-10-6-11(2)17-15(13(10)7-16)19-8-12-4-5-18(3)14(12)9-19/h6,12,14H,4-5,8-9H2,1-3H3/t12-,14+/m1/s1. The topological polar surface area (TPSA) is 43.2 Å². The molecule has 2 fully saturated rings. The van der Waals surface area contributed by atoms with Crippen molar-refractivity contribution >= 4 is 5.82 Å². The third kappa shape index (κ3) is 1.98. The molecular formula is C15H20N4. The largest absolute Gasteiger partial charge is 0.354 e. The first-order valence-corrected chi connectivity index (χ1v) is 6.93. The number of hydrogen-bond acceptors (Lipinski definition) is 4. The van der Waals surface area contributed by atoms with Crippen LogP contribution in [0.5, 0.6) is 0 Å². The molecule has 1 aromatic rings. The first-order chi connectivity index (χ1) is 9.10. The zero-order valence-corrected chi connectivity index (χ0v) is 11.8. The van der Waals surface area contributed by atoms with Crippen LogP contribution in [0.25, 0.3) is 0 Å². The van der Waals surface area contributed by atoms with Crippen LogP contribution in [0.4, 0.5) is 5.82 Å². The Balaban J connectivity index is 1.94. The van der Waals surface area contributed by atoms with Crippen molar-refractivity contribution in [2.24, 2.45) is 5.92 Å². The molecule has 0 unspecified atom stereocenters. The molecule has 0 radical (unpaired) electrons. The zero-order chi connectivity index (χ0) is 13.6. The number of aromatic nitrogens is 1. The molecule has 19 heavy (non-hydrogen) atoms. The second kappa shape index (κ2) is 4.50. The number of nitrogens with zero attached hydrogens (tertiary/aromatic N) is 4. The number of nitriles is 1. The van der Waals surface area contributed by atoms with E-state index in [1.807, 2.05) is 19.9 Å². The Kier molecular flexibility index (Phi) is 2.94.